The van der Waals surface area contributed by atoms with Gasteiger partial charge in [0.1, 0.15) is 17.8 Å². The van der Waals surface area contributed by atoms with E-state index >= 15 is 0 Å². The number of methoxy groups -OCH3 is 1. The van der Waals surface area contributed by atoms with Crippen LogP contribution in [-0.4, -0.2) is 23.6 Å². The highest BCUT2D eigenvalue weighted by molar-refractivity contribution is 5.62. The first-order valence-corrected chi connectivity index (χ1v) is 4.58. The third kappa shape index (κ3) is 2.10. The van der Waals surface area contributed by atoms with Crippen LogP contribution in [0.25, 0.3) is 0 Å². The number of aldehydes is 1. The number of phenols is 1. The topological polar surface area (TPSA) is 66.8 Å². The van der Waals surface area contributed by atoms with E-state index < -0.39 is 0 Å². The van der Waals surface area contributed by atoms with Crippen LogP contribution in [0.3, 0.4) is 0 Å². The molecule has 15 heavy (non-hydrogen) atoms. The molecule has 0 bridgehead atoms. The van der Waals surface area contributed by atoms with Crippen LogP contribution in [0.2, 0.25) is 0 Å². The molecular formula is C11H14O4. The first kappa shape index (κ1) is 11.5. The number of rotatable bonds is 4. The van der Waals surface area contributed by atoms with Gasteiger partial charge in [-0.3, -0.25) is 0 Å². The van der Waals surface area contributed by atoms with Crippen molar-refractivity contribution in [2.45, 2.75) is 20.0 Å². The van der Waals surface area contributed by atoms with Gasteiger partial charge < -0.3 is 19.7 Å². The minimum absolute atomic E-state index is 0.0190. The van der Waals surface area contributed by atoms with E-state index in [9.17, 15) is 9.90 Å². The Morgan fingerprint density at radius 2 is 2.20 bits per heavy atom. The normalized spacial score (nSPS) is 10.1. The predicted octanol–water partition coefficient (Wildman–Crippen LogP) is 0.943. The third-order valence-electron chi connectivity index (χ3n) is 2.38. The van der Waals surface area contributed by atoms with Crippen molar-refractivity contribution in [3.05, 3.63) is 22.8 Å². The molecule has 82 valence electrons. The summed E-state index contributed by atoms with van der Waals surface area (Å²) < 4.78 is 5.04. The number of benzene rings is 1. The molecule has 1 aromatic carbocycles. The third-order valence-corrected chi connectivity index (χ3v) is 2.38. The fourth-order valence-corrected chi connectivity index (χ4v) is 1.51. The molecule has 0 aliphatic carbocycles. The van der Waals surface area contributed by atoms with Gasteiger partial charge in [0.05, 0.1) is 13.7 Å². The van der Waals surface area contributed by atoms with Gasteiger partial charge in [-0.2, -0.15) is 0 Å². The lowest BCUT2D eigenvalue weighted by molar-refractivity contribution is -0.107. The molecule has 0 aromatic heterocycles. The molecule has 0 aliphatic heterocycles. The smallest absolute Gasteiger partial charge is 0.126 e. The van der Waals surface area contributed by atoms with E-state index in [1.807, 2.05) is 0 Å². The van der Waals surface area contributed by atoms with E-state index in [-0.39, 0.29) is 18.8 Å². The summed E-state index contributed by atoms with van der Waals surface area (Å²) in [5.74, 6) is 0.525. The molecule has 2 N–H and O–H groups in total. The molecule has 1 aromatic rings. The Morgan fingerprint density at radius 1 is 1.53 bits per heavy atom. The van der Waals surface area contributed by atoms with Gasteiger partial charge in [-0.05, 0) is 18.6 Å². The van der Waals surface area contributed by atoms with Crippen molar-refractivity contribution < 1.29 is 19.7 Å². The number of aromatic hydroxyl groups is 1. The maximum Gasteiger partial charge on any atom is 0.126 e. The van der Waals surface area contributed by atoms with Crippen molar-refractivity contribution in [2.75, 3.05) is 7.11 Å². The number of carbonyl (C=O) groups is 1. The molecule has 4 heteroatoms. The molecule has 0 aliphatic rings. The van der Waals surface area contributed by atoms with Crippen LogP contribution >= 0.6 is 0 Å². The summed E-state index contributed by atoms with van der Waals surface area (Å²) in [6, 6.07) is 1.63. The van der Waals surface area contributed by atoms with Crippen LogP contribution in [-0.2, 0) is 17.8 Å². The average molecular weight is 210 g/mol. The number of ether oxygens (including phenoxy) is 1. The Morgan fingerprint density at radius 3 is 2.67 bits per heavy atom. The highest BCUT2D eigenvalue weighted by Gasteiger charge is 2.14. The SMILES string of the molecule is COc1cc(CO)c(CC=O)c(O)c1C. The molecule has 0 saturated carbocycles. The van der Waals surface area contributed by atoms with E-state index in [1.54, 1.807) is 13.0 Å². The van der Waals surface area contributed by atoms with Crippen LogP contribution in [0.5, 0.6) is 11.5 Å². The van der Waals surface area contributed by atoms with E-state index in [0.717, 1.165) is 0 Å². The Kier molecular flexibility index (Phi) is 3.68. The zero-order valence-electron chi connectivity index (χ0n) is 8.78. The zero-order chi connectivity index (χ0) is 11.4. The van der Waals surface area contributed by atoms with Gasteiger partial charge in [0.15, 0.2) is 0 Å². The van der Waals surface area contributed by atoms with E-state index in [1.165, 1.54) is 7.11 Å². The molecule has 0 heterocycles. The lowest BCUT2D eigenvalue weighted by Gasteiger charge is -2.13. The summed E-state index contributed by atoms with van der Waals surface area (Å²) in [6.07, 6.45) is 0.784. The van der Waals surface area contributed by atoms with Crippen LogP contribution in [0.4, 0.5) is 0 Å². The molecule has 0 spiro atoms. The van der Waals surface area contributed by atoms with Gasteiger partial charge >= 0.3 is 0 Å². The Balaban J connectivity index is 3.36. The number of hydrogen-bond acceptors (Lipinski definition) is 4. The molecule has 1 rings (SSSR count). The first-order valence-electron chi connectivity index (χ1n) is 4.58. The second kappa shape index (κ2) is 4.79. The monoisotopic (exact) mass is 210 g/mol. The second-order valence-electron chi connectivity index (χ2n) is 3.22. The Bertz CT molecular complexity index is 371. The molecule has 0 amide bonds. The zero-order valence-corrected chi connectivity index (χ0v) is 8.78. The van der Waals surface area contributed by atoms with Crippen molar-refractivity contribution in [3.63, 3.8) is 0 Å². The van der Waals surface area contributed by atoms with Crippen molar-refractivity contribution in [1.29, 1.82) is 0 Å². The summed E-state index contributed by atoms with van der Waals surface area (Å²) in [5.41, 5.74) is 1.56. The number of hydrogen-bond donors (Lipinski definition) is 2. The highest BCUT2D eigenvalue weighted by atomic mass is 16.5. The lowest BCUT2D eigenvalue weighted by atomic mass is 10.00. The summed E-state index contributed by atoms with van der Waals surface area (Å²) in [6.45, 7) is 1.47. The van der Waals surface area contributed by atoms with Crippen molar-refractivity contribution in [2.24, 2.45) is 0 Å². The van der Waals surface area contributed by atoms with Gasteiger partial charge in [-0.15, -0.1) is 0 Å². The van der Waals surface area contributed by atoms with Gasteiger partial charge in [0.25, 0.3) is 0 Å². The molecule has 0 saturated heterocycles. The van der Waals surface area contributed by atoms with Gasteiger partial charge in [-0.1, -0.05) is 0 Å². The number of phenolic OH excluding ortho intramolecular Hbond substituents is 1. The van der Waals surface area contributed by atoms with Gasteiger partial charge in [-0.25, -0.2) is 0 Å². The van der Waals surface area contributed by atoms with E-state index in [4.69, 9.17) is 9.84 Å². The average Bonchev–Trinajstić information content (AvgIpc) is 2.25. The molecular weight excluding hydrogens is 196 g/mol. The van der Waals surface area contributed by atoms with Crippen LogP contribution in [0.1, 0.15) is 16.7 Å². The maximum absolute atomic E-state index is 10.4. The van der Waals surface area contributed by atoms with Crippen molar-refractivity contribution in [3.8, 4) is 11.5 Å². The van der Waals surface area contributed by atoms with Crippen LogP contribution in [0.15, 0.2) is 6.07 Å². The lowest BCUT2D eigenvalue weighted by Crippen LogP contribution is -2.00. The summed E-state index contributed by atoms with van der Waals surface area (Å²) >= 11 is 0. The van der Waals surface area contributed by atoms with E-state index in [0.29, 0.717) is 28.7 Å². The minimum atomic E-state index is -0.229. The number of carbonyl (C=O) groups excluding carboxylic acids is 1. The predicted molar refractivity (Wildman–Crippen MR) is 55.1 cm³/mol. The van der Waals surface area contributed by atoms with E-state index in [2.05, 4.69) is 0 Å². The molecule has 0 fully saturated rings. The first-order chi connectivity index (χ1) is 7.15. The number of aliphatic hydroxyl groups excluding tert-OH is 1. The maximum atomic E-state index is 10.4. The highest BCUT2D eigenvalue weighted by Crippen LogP contribution is 2.33. The number of aliphatic hydroxyl groups is 1. The molecule has 0 radical (unpaired) electrons. The van der Waals surface area contributed by atoms with Crippen molar-refractivity contribution in [1.82, 2.24) is 0 Å². The van der Waals surface area contributed by atoms with Crippen LogP contribution in [0, 0.1) is 6.92 Å². The van der Waals surface area contributed by atoms with Gasteiger partial charge in [0, 0.05) is 17.5 Å². The Labute approximate surface area is 88.1 Å². The largest absolute Gasteiger partial charge is 0.507 e. The van der Waals surface area contributed by atoms with Crippen LogP contribution < -0.4 is 4.74 Å². The Hall–Kier alpha value is -1.55. The standard InChI is InChI=1S/C11H14O4/c1-7-10(15-2)5-8(6-13)9(3-4-12)11(7)14/h4-5,13-14H,3,6H2,1-2H3. The van der Waals surface area contributed by atoms with Crippen molar-refractivity contribution >= 4 is 6.29 Å². The summed E-state index contributed by atoms with van der Waals surface area (Å²) in [4.78, 5) is 10.4. The molecule has 4 nitrogen and oxygen atoms in total. The molecule has 0 atom stereocenters. The summed E-state index contributed by atoms with van der Waals surface area (Å²) in [5, 5.41) is 18.9. The molecule has 0 unspecified atom stereocenters. The fraction of sp³-hybridized carbons (Fsp3) is 0.364. The fourth-order valence-electron chi connectivity index (χ4n) is 1.51. The second-order valence-corrected chi connectivity index (χ2v) is 3.22. The quantitative estimate of drug-likeness (QED) is 0.726. The summed E-state index contributed by atoms with van der Waals surface area (Å²) in [7, 11) is 1.49. The minimum Gasteiger partial charge on any atom is -0.507 e. The van der Waals surface area contributed by atoms with Gasteiger partial charge in [0.2, 0.25) is 0 Å².